The first-order chi connectivity index (χ1) is 9.74. The average Bonchev–Trinajstić information content (AvgIpc) is 2.53. The number of benzene rings is 1. The fourth-order valence-electron chi connectivity index (χ4n) is 1.94. The predicted molar refractivity (Wildman–Crippen MR) is 76.7 cm³/mol. The van der Waals surface area contributed by atoms with E-state index < -0.39 is 0 Å². The van der Waals surface area contributed by atoms with E-state index in [0.717, 1.165) is 5.56 Å². The van der Waals surface area contributed by atoms with Crippen molar-refractivity contribution in [3.8, 4) is 28.5 Å². The minimum atomic E-state index is 0.557. The quantitative estimate of drug-likeness (QED) is 0.902. The highest BCUT2D eigenvalue weighted by molar-refractivity contribution is 5.77. The Morgan fingerprint density at radius 1 is 1.00 bits per heavy atom. The molecule has 1 aromatic heterocycles. The van der Waals surface area contributed by atoms with E-state index in [1.54, 1.807) is 28.4 Å². The fourth-order valence-corrected chi connectivity index (χ4v) is 1.94. The van der Waals surface area contributed by atoms with Gasteiger partial charge in [0.15, 0.2) is 11.6 Å². The number of nitrogens with one attached hydrogen (secondary N) is 1. The van der Waals surface area contributed by atoms with Crippen LogP contribution < -0.4 is 19.5 Å². The molecule has 0 saturated heterocycles. The molecule has 0 aliphatic carbocycles. The smallest absolute Gasteiger partial charge is 0.187 e. The third-order valence-electron chi connectivity index (χ3n) is 2.91. The summed E-state index contributed by atoms with van der Waals surface area (Å²) in [7, 11) is 6.58. The van der Waals surface area contributed by atoms with E-state index in [-0.39, 0.29) is 0 Å². The molecule has 0 saturated carbocycles. The molecule has 106 valence electrons. The number of ether oxygens (including phenoxy) is 3. The summed E-state index contributed by atoms with van der Waals surface area (Å²) in [6.45, 7) is 0. The second kappa shape index (κ2) is 6.10. The summed E-state index contributed by atoms with van der Waals surface area (Å²) in [6.07, 6.45) is 1.47. The van der Waals surface area contributed by atoms with Gasteiger partial charge < -0.3 is 19.5 Å². The summed E-state index contributed by atoms with van der Waals surface area (Å²) in [5, 5.41) is 2.97. The zero-order chi connectivity index (χ0) is 14.5. The van der Waals surface area contributed by atoms with Gasteiger partial charge in [-0.15, -0.1) is 0 Å². The van der Waals surface area contributed by atoms with E-state index >= 15 is 0 Å². The second-order valence-corrected chi connectivity index (χ2v) is 3.92. The van der Waals surface area contributed by atoms with Crippen LogP contribution in [0.1, 0.15) is 0 Å². The molecule has 0 aliphatic rings. The van der Waals surface area contributed by atoms with Crippen LogP contribution in [0.25, 0.3) is 11.3 Å². The maximum atomic E-state index is 5.41. The largest absolute Gasteiger partial charge is 0.497 e. The number of aromatic nitrogens is 2. The molecule has 0 radical (unpaired) electrons. The summed E-state index contributed by atoms with van der Waals surface area (Å²) >= 11 is 0. The molecule has 6 nitrogen and oxygen atoms in total. The predicted octanol–water partition coefficient (Wildman–Crippen LogP) is 2.21. The molecule has 0 atom stereocenters. The molecule has 2 rings (SSSR count). The van der Waals surface area contributed by atoms with E-state index in [2.05, 4.69) is 15.3 Å². The van der Waals surface area contributed by atoms with Gasteiger partial charge in [-0.25, -0.2) is 9.97 Å². The number of nitrogens with zero attached hydrogens (tertiary/aromatic N) is 2. The summed E-state index contributed by atoms with van der Waals surface area (Å²) in [6, 6.07) is 5.51. The maximum absolute atomic E-state index is 5.41. The minimum absolute atomic E-state index is 0.557. The van der Waals surface area contributed by atoms with Gasteiger partial charge >= 0.3 is 0 Å². The molecule has 0 unspecified atom stereocenters. The molecule has 0 fully saturated rings. The van der Waals surface area contributed by atoms with E-state index in [9.17, 15) is 0 Å². The summed E-state index contributed by atoms with van der Waals surface area (Å²) in [4.78, 5) is 8.43. The van der Waals surface area contributed by atoms with Crippen LogP contribution in [0, 0.1) is 0 Å². The summed E-state index contributed by atoms with van der Waals surface area (Å²) in [5.41, 5.74) is 1.42. The SMILES string of the molecule is CNc1ncnc(-c2cc(OC)ccc2OC)c1OC. The molecule has 2 aromatic rings. The van der Waals surface area contributed by atoms with E-state index in [1.807, 2.05) is 18.2 Å². The highest BCUT2D eigenvalue weighted by atomic mass is 16.5. The van der Waals surface area contributed by atoms with Gasteiger partial charge in [0.25, 0.3) is 0 Å². The van der Waals surface area contributed by atoms with Crippen molar-refractivity contribution < 1.29 is 14.2 Å². The summed E-state index contributed by atoms with van der Waals surface area (Å²) in [5.74, 6) is 2.57. The van der Waals surface area contributed by atoms with Crippen LogP contribution >= 0.6 is 0 Å². The Morgan fingerprint density at radius 2 is 1.80 bits per heavy atom. The topological polar surface area (TPSA) is 65.5 Å². The van der Waals surface area contributed by atoms with E-state index in [1.165, 1.54) is 6.33 Å². The molecule has 1 heterocycles. The molecule has 1 aromatic carbocycles. The van der Waals surface area contributed by atoms with Gasteiger partial charge in [-0.3, -0.25) is 0 Å². The Labute approximate surface area is 117 Å². The van der Waals surface area contributed by atoms with Gasteiger partial charge in [-0.2, -0.15) is 0 Å². The van der Waals surface area contributed by atoms with Crippen LogP contribution in [-0.4, -0.2) is 38.3 Å². The molecule has 0 spiro atoms. The van der Waals surface area contributed by atoms with Gasteiger partial charge in [-0.05, 0) is 18.2 Å². The minimum Gasteiger partial charge on any atom is -0.497 e. The molecule has 0 bridgehead atoms. The number of methoxy groups -OCH3 is 3. The zero-order valence-electron chi connectivity index (χ0n) is 11.9. The van der Waals surface area contributed by atoms with E-state index in [0.29, 0.717) is 28.8 Å². The van der Waals surface area contributed by atoms with Crippen molar-refractivity contribution in [1.29, 1.82) is 0 Å². The van der Waals surface area contributed by atoms with Gasteiger partial charge in [-0.1, -0.05) is 0 Å². The van der Waals surface area contributed by atoms with Crippen LogP contribution in [0.15, 0.2) is 24.5 Å². The Kier molecular flexibility index (Phi) is 4.24. The second-order valence-electron chi connectivity index (χ2n) is 3.92. The van der Waals surface area contributed by atoms with Crippen LogP contribution in [-0.2, 0) is 0 Å². The monoisotopic (exact) mass is 275 g/mol. The third kappa shape index (κ3) is 2.45. The first kappa shape index (κ1) is 13.9. The third-order valence-corrected chi connectivity index (χ3v) is 2.91. The van der Waals surface area contributed by atoms with Gasteiger partial charge in [0.2, 0.25) is 0 Å². The van der Waals surface area contributed by atoms with Crippen molar-refractivity contribution in [2.24, 2.45) is 0 Å². The molecule has 6 heteroatoms. The lowest BCUT2D eigenvalue weighted by atomic mass is 10.1. The van der Waals surface area contributed by atoms with Crippen LogP contribution in [0.2, 0.25) is 0 Å². The Bertz CT molecular complexity index is 602. The Hall–Kier alpha value is -2.50. The lowest BCUT2D eigenvalue weighted by molar-refractivity contribution is 0.401. The van der Waals surface area contributed by atoms with Crippen molar-refractivity contribution in [3.05, 3.63) is 24.5 Å². The van der Waals surface area contributed by atoms with E-state index in [4.69, 9.17) is 14.2 Å². The Balaban J connectivity index is 2.66. The van der Waals surface area contributed by atoms with Gasteiger partial charge in [0.05, 0.1) is 21.3 Å². The molecule has 0 amide bonds. The highest BCUT2D eigenvalue weighted by Crippen LogP contribution is 2.39. The van der Waals surface area contributed by atoms with Crippen molar-refractivity contribution in [2.75, 3.05) is 33.7 Å². The van der Waals surface area contributed by atoms with Gasteiger partial charge in [0.1, 0.15) is 23.5 Å². The normalized spacial score (nSPS) is 10.0. The van der Waals surface area contributed by atoms with Crippen LogP contribution in [0.5, 0.6) is 17.2 Å². The molecule has 1 N–H and O–H groups in total. The molecular formula is C14H17N3O3. The standard InChI is InChI=1S/C14H17N3O3/c1-15-14-13(20-4)12(16-8-17-14)10-7-9(18-2)5-6-11(10)19-3/h5-8H,1-4H3,(H,15,16,17). The molecule has 20 heavy (non-hydrogen) atoms. The van der Waals surface area contributed by atoms with Crippen molar-refractivity contribution in [3.63, 3.8) is 0 Å². The zero-order valence-corrected chi connectivity index (χ0v) is 11.9. The maximum Gasteiger partial charge on any atom is 0.187 e. The number of hydrogen-bond donors (Lipinski definition) is 1. The lowest BCUT2D eigenvalue weighted by Crippen LogP contribution is -2.01. The van der Waals surface area contributed by atoms with Crippen molar-refractivity contribution >= 4 is 5.82 Å². The van der Waals surface area contributed by atoms with Crippen molar-refractivity contribution in [2.45, 2.75) is 0 Å². The van der Waals surface area contributed by atoms with Crippen LogP contribution in [0.3, 0.4) is 0 Å². The van der Waals surface area contributed by atoms with Gasteiger partial charge in [0, 0.05) is 12.6 Å². The first-order valence-corrected chi connectivity index (χ1v) is 6.04. The highest BCUT2D eigenvalue weighted by Gasteiger charge is 2.17. The molecular weight excluding hydrogens is 258 g/mol. The first-order valence-electron chi connectivity index (χ1n) is 6.04. The lowest BCUT2D eigenvalue weighted by Gasteiger charge is -2.14. The Morgan fingerprint density at radius 3 is 2.40 bits per heavy atom. The molecule has 0 aliphatic heterocycles. The van der Waals surface area contributed by atoms with Crippen molar-refractivity contribution in [1.82, 2.24) is 9.97 Å². The number of anilines is 1. The fraction of sp³-hybridized carbons (Fsp3) is 0.286. The number of rotatable bonds is 5. The summed E-state index contributed by atoms with van der Waals surface area (Å²) < 4.78 is 16.0. The van der Waals surface area contributed by atoms with Crippen LogP contribution in [0.4, 0.5) is 5.82 Å². The average molecular weight is 275 g/mol. The number of hydrogen-bond acceptors (Lipinski definition) is 6.